The lowest BCUT2D eigenvalue weighted by molar-refractivity contribution is -0.0452. The maximum Gasteiger partial charge on any atom is 0.150 e. The van der Waals surface area contributed by atoms with Crippen LogP contribution in [0.2, 0.25) is 0 Å². The third-order valence-corrected chi connectivity index (χ3v) is 8.18. The van der Waals surface area contributed by atoms with Crippen molar-refractivity contribution in [3.05, 3.63) is 0 Å². The van der Waals surface area contributed by atoms with E-state index in [4.69, 9.17) is 4.74 Å². The molecule has 0 bridgehead atoms. The fourth-order valence-electron chi connectivity index (χ4n) is 4.36. The lowest BCUT2D eigenvalue weighted by atomic mass is 9.88. The molecule has 5 heteroatoms. The van der Waals surface area contributed by atoms with E-state index >= 15 is 0 Å². The fraction of sp³-hybridized carbons (Fsp3) is 1.00. The lowest BCUT2D eigenvalue weighted by Crippen LogP contribution is -2.28. The van der Waals surface area contributed by atoms with Gasteiger partial charge in [0.05, 0.1) is 23.2 Å². The Balaban J connectivity index is 1.56. The largest absolute Gasteiger partial charge is 0.372 e. The van der Waals surface area contributed by atoms with E-state index in [1.165, 1.54) is 38.5 Å². The van der Waals surface area contributed by atoms with Crippen LogP contribution in [0.25, 0.3) is 0 Å². The molecule has 1 spiro atoms. The van der Waals surface area contributed by atoms with Gasteiger partial charge in [-0.2, -0.15) is 0 Å². The number of alkyl halides is 1. The first-order valence-corrected chi connectivity index (χ1v) is 10.9. The molecule has 0 aromatic rings. The molecule has 20 heavy (non-hydrogen) atoms. The van der Waals surface area contributed by atoms with E-state index in [9.17, 15) is 8.42 Å². The van der Waals surface area contributed by atoms with Gasteiger partial charge >= 0.3 is 0 Å². The van der Waals surface area contributed by atoms with E-state index < -0.39 is 9.84 Å². The molecule has 1 saturated carbocycles. The molecule has 116 valence electrons. The minimum Gasteiger partial charge on any atom is -0.372 e. The Bertz CT molecular complexity index is 442. The Morgan fingerprint density at radius 1 is 1.20 bits per heavy atom. The molecule has 0 N–H and O–H groups in total. The number of rotatable bonds is 4. The fourth-order valence-corrected chi connectivity index (χ4v) is 7.08. The second-order valence-electron chi connectivity index (χ2n) is 6.98. The molecular weight excluding hydrogens is 340 g/mol. The van der Waals surface area contributed by atoms with Gasteiger partial charge in [0, 0.05) is 5.33 Å². The van der Waals surface area contributed by atoms with Gasteiger partial charge in [-0.15, -0.1) is 0 Å². The van der Waals surface area contributed by atoms with Crippen molar-refractivity contribution >= 4 is 25.8 Å². The zero-order valence-electron chi connectivity index (χ0n) is 12.0. The van der Waals surface area contributed by atoms with Gasteiger partial charge in [-0.3, -0.25) is 0 Å². The number of hydrogen-bond acceptors (Lipinski definition) is 3. The van der Waals surface area contributed by atoms with Crippen molar-refractivity contribution in [3.63, 3.8) is 0 Å². The van der Waals surface area contributed by atoms with E-state index in [0.717, 1.165) is 18.2 Å². The van der Waals surface area contributed by atoms with Gasteiger partial charge in [-0.1, -0.05) is 28.8 Å². The molecule has 2 aliphatic heterocycles. The summed E-state index contributed by atoms with van der Waals surface area (Å²) < 4.78 is 29.7. The van der Waals surface area contributed by atoms with Crippen LogP contribution in [0, 0.1) is 11.8 Å². The smallest absolute Gasteiger partial charge is 0.150 e. The van der Waals surface area contributed by atoms with Crippen LogP contribution in [0.5, 0.6) is 0 Å². The third-order valence-electron chi connectivity index (χ3n) is 5.55. The van der Waals surface area contributed by atoms with Gasteiger partial charge in [0.1, 0.15) is 0 Å². The van der Waals surface area contributed by atoms with Crippen molar-refractivity contribution in [2.75, 3.05) is 16.8 Å². The Labute approximate surface area is 130 Å². The van der Waals surface area contributed by atoms with Gasteiger partial charge in [-0.25, -0.2) is 8.42 Å². The minimum atomic E-state index is -2.77. The lowest BCUT2D eigenvalue weighted by Gasteiger charge is -2.27. The average Bonchev–Trinajstić information content (AvgIpc) is 3.10. The molecule has 2 heterocycles. The Kier molecular flexibility index (Phi) is 4.50. The van der Waals surface area contributed by atoms with Crippen LogP contribution in [0.15, 0.2) is 0 Å². The normalized spacial score (nSPS) is 36.6. The first kappa shape index (κ1) is 15.3. The molecule has 3 fully saturated rings. The van der Waals surface area contributed by atoms with Gasteiger partial charge in [-0.05, 0) is 50.4 Å². The summed E-state index contributed by atoms with van der Waals surface area (Å²) in [6, 6.07) is 0. The van der Waals surface area contributed by atoms with Crippen molar-refractivity contribution in [2.45, 2.75) is 63.1 Å². The summed E-state index contributed by atoms with van der Waals surface area (Å²) in [7, 11) is -2.77. The first-order valence-electron chi connectivity index (χ1n) is 7.96. The van der Waals surface area contributed by atoms with Crippen molar-refractivity contribution < 1.29 is 13.2 Å². The summed E-state index contributed by atoms with van der Waals surface area (Å²) in [4.78, 5) is 0. The predicted molar refractivity (Wildman–Crippen MR) is 84.0 cm³/mol. The topological polar surface area (TPSA) is 43.4 Å². The molecule has 1 aliphatic carbocycles. The summed E-state index contributed by atoms with van der Waals surface area (Å²) in [5, 5.41) is 0.903. The van der Waals surface area contributed by atoms with Crippen LogP contribution in [0.4, 0.5) is 0 Å². The number of halogens is 1. The highest BCUT2D eigenvalue weighted by atomic mass is 79.9. The predicted octanol–water partition coefficient (Wildman–Crippen LogP) is 3.31. The molecule has 0 aromatic heterocycles. The summed E-state index contributed by atoms with van der Waals surface area (Å²) in [6.07, 6.45) is 9.73. The zero-order chi connectivity index (χ0) is 14.2. The summed E-state index contributed by atoms with van der Waals surface area (Å²) in [5.74, 6) is 1.56. The molecule has 2 saturated heterocycles. The van der Waals surface area contributed by atoms with Crippen LogP contribution in [-0.4, -0.2) is 37.0 Å². The maximum absolute atomic E-state index is 11.7. The van der Waals surface area contributed by atoms with Crippen LogP contribution >= 0.6 is 15.9 Å². The monoisotopic (exact) mass is 364 g/mol. The van der Waals surface area contributed by atoms with Crippen LogP contribution in [0.3, 0.4) is 0 Å². The highest BCUT2D eigenvalue weighted by Gasteiger charge is 2.43. The standard InChI is InChI=1S/C15H25BrO3S/c16-10-13(12-4-8-20(17,18)11-12)9-14-3-7-15(19-14)5-1-2-6-15/h12-14H,1-11H2. The summed E-state index contributed by atoms with van der Waals surface area (Å²) in [5.41, 5.74) is 0.198. The molecule has 3 rings (SSSR count). The Morgan fingerprint density at radius 2 is 1.95 bits per heavy atom. The van der Waals surface area contributed by atoms with E-state index in [1.807, 2.05) is 0 Å². The highest BCUT2D eigenvalue weighted by molar-refractivity contribution is 9.09. The highest BCUT2D eigenvalue weighted by Crippen LogP contribution is 2.45. The second-order valence-corrected chi connectivity index (χ2v) is 9.86. The molecule has 0 amide bonds. The van der Waals surface area contributed by atoms with Gasteiger partial charge in [0.25, 0.3) is 0 Å². The van der Waals surface area contributed by atoms with Crippen molar-refractivity contribution in [3.8, 4) is 0 Å². The number of ether oxygens (including phenoxy) is 1. The molecule has 3 aliphatic rings. The molecular formula is C15H25BrO3S. The number of hydrogen-bond donors (Lipinski definition) is 0. The van der Waals surface area contributed by atoms with Gasteiger partial charge < -0.3 is 4.74 Å². The van der Waals surface area contributed by atoms with Gasteiger partial charge in [0.2, 0.25) is 0 Å². The third kappa shape index (κ3) is 3.25. The molecule has 0 radical (unpaired) electrons. The van der Waals surface area contributed by atoms with Crippen molar-refractivity contribution in [1.82, 2.24) is 0 Å². The molecule has 3 atom stereocenters. The molecule has 3 nitrogen and oxygen atoms in total. The Morgan fingerprint density at radius 3 is 2.55 bits per heavy atom. The van der Waals surface area contributed by atoms with Crippen LogP contribution in [0.1, 0.15) is 51.4 Å². The first-order chi connectivity index (χ1) is 9.52. The van der Waals surface area contributed by atoms with E-state index in [-0.39, 0.29) is 5.60 Å². The van der Waals surface area contributed by atoms with E-state index in [2.05, 4.69) is 15.9 Å². The Hall–Kier alpha value is 0.390. The minimum absolute atomic E-state index is 0.198. The zero-order valence-corrected chi connectivity index (χ0v) is 14.4. The summed E-state index contributed by atoms with van der Waals surface area (Å²) >= 11 is 3.60. The van der Waals surface area contributed by atoms with Crippen LogP contribution in [-0.2, 0) is 14.6 Å². The van der Waals surface area contributed by atoms with Crippen LogP contribution < -0.4 is 0 Å². The maximum atomic E-state index is 11.7. The molecule has 0 aromatic carbocycles. The second kappa shape index (κ2) is 5.88. The van der Waals surface area contributed by atoms with E-state index in [0.29, 0.717) is 29.4 Å². The van der Waals surface area contributed by atoms with Gasteiger partial charge in [0.15, 0.2) is 9.84 Å². The van der Waals surface area contributed by atoms with E-state index in [1.54, 1.807) is 0 Å². The summed E-state index contributed by atoms with van der Waals surface area (Å²) in [6.45, 7) is 0. The van der Waals surface area contributed by atoms with Crippen molar-refractivity contribution in [2.24, 2.45) is 11.8 Å². The number of sulfone groups is 1. The molecule has 3 unspecified atom stereocenters. The quantitative estimate of drug-likeness (QED) is 0.718. The van der Waals surface area contributed by atoms with Crippen molar-refractivity contribution in [1.29, 1.82) is 0 Å². The average molecular weight is 365 g/mol. The SMILES string of the molecule is O=S1(=O)CCC(C(CBr)CC2CCC3(CCCC3)O2)C1.